The summed E-state index contributed by atoms with van der Waals surface area (Å²) in [5.74, 6) is 0. The second-order valence-corrected chi connectivity index (χ2v) is 0. The molecule has 0 aliphatic heterocycles. The van der Waals surface area contributed by atoms with Crippen molar-refractivity contribution in [3.8, 4) is 0 Å². The van der Waals surface area contributed by atoms with Crippen LogP contribution in [0, 0.1) is 0 Å². The van der Waals surface area contributed by atoms with Gasteiger partial charge in [-0.3, -0.25) is 0 Å². The molecule has 0 aromatic carbocycles. The molecule has 30 heavy (non-hydrogen) atoms. The predicted molar refractivity (Wildman–Crippen MR) is 216 cm³/mol. The van der Waals surface area contributed by atoms with Gasteiger partial charge in [0.1, 0.15) is 0 Å². The molecule has 180 valence electrons. The average Bonchev–Trinajstić information content (AvgIpc) is 0. The molecule has 0 aromatic rings. The average molecular weight is 969 g/mol. The molecule has 0 rings (SSSR count). The summed E-state index contributed by atoms with van der Waals surface area (Å²) >= 11 is 0. The third-order valence-electron chi connectivity index (χ3n) is 0. The van der Waals surface area contributed by atoms with Crippen molar-refractivity contribution in [2.75, 3.05) is 0 Å². The van der Waals surface area contributed by atoms with E-state index in [1.54, 1.807) is 0 Å². The van der Waals surface area contributed by atoms with Crippen LogP contribution in [-0.2, 0) is 0 Å². The van der Waals surface area contributed by atoms with Crippen molar-refractivity contribution in [3.05, 3.63) is 0 Å². The van der Waals surface area contributed by atoms with E-state index in [0.717, 1.165) is 0 Å². The summed E-state index contributed by atoms with van der Waals surface area (Å²) in [6.07, 6.45) is 0. The predicted octanol–water partition coefficient (Wildman–Crippen LogP) is 1.95. The van der Waals surface area contributed by atoms with Crippen molar-refractivity contribution in [2.24, 2.45) is 0 Å². The van der Waals surface area contributed by atoms with Crippen molar-refractivity contribution >= 4 is 544 Å². The van der Waals surface area contributed by atoms with Gasteiger partial charge in [-0.2, -0.15) is 0 Å². The summed E-state index contributed by atoms with van der Waals surface area (Å²) in [6, 6.07) is 0. The molecule has 0 saturated heterocycles. The monoisotopic (exact) mass is 960 g/mol. The minimum absolute atomic E-state index is 0. The van der Waals surface area contributed by atoms with Gasteiger partial charge >= 0.3 is 296 Å². The van der Waals surface area contributed by atoms with Gasteiger partial charge in [0.05, 0.1) is 0 Å². The standard InChI is InChI=1S/20ClH.10Na.10H/h20*1H;;;;;;;;;;;;;;;;;;;;. The Labute approximate surface area is 529 Å². The molecule has 0 amide bonds. The molecule has 0 aliphatic carbocycles. The van der Waals surface area contributed by atoms with E-state index in [-0.39, 0.29) is 544 Å². The molecule has 0 unspecified atom stereocenters. The Morgan fingerprint density at radius 1 is 0.0667 bits per heavy atom. The molecule has 0 saturated carbocycles. The molecule has 0 atom stereocenters. The summed E-state index contributed by atoms with van der Waals surface area (Å²) in [5, 5.41) is 0. The first-order valence-corrected chi connectivity index (χ1v) is 0. The Morgan fingerprint density at radius 3 is 0.0667 bits per heavy atom. The Kier molecular flexibility index (Phi) is 4230. The number of hydrogen-bond donors (Lipinski definition) is 0. The van der Waals surface area contributed by atoms with E-state index in [9.17, 15) is 0 Å². The van der Waals surface area contributed by atoms with Gasteiger partial charge in [0.15, 0.2) is 0 Å². The van der Waals surface area contributed by atoms with Crippen LogP contribution in [0.4, 0.5) is 0 Å². The van der Waals surface area contributed by atoms with Gasteiger partial charge in [-0.05, 0) is 0 Å². The van der Waals surface area contributed by atoms with Gasteiger partial charge in [-0.15, -0.1) is 248 Å². The van der Waals surface area contributed by atoms with Gasteiger partial charge in [0, 0.05) is 0 Å². The molecule has 0 aliphatic rings. The first kappa shape index (κ1) is 368. The zero-order valence-electron chi connectivity index (χ0n) is 8.16. The van der Waals surface area contributed by atoms with Crippen LogP contribution < -0.4 is 0 Å². The van der Waals surface area contributed by atoms with Crippen molar-refractivity contribution in [3.63, 3.8) is 0 Å². The zero-order valence-corrected chi connectivity index (χ0v) is 24.5. The van der Waals surface area contributed by atoms with Crippen molar-refractivity contribution < 1.29 is 0 Å². The summed E-state index contributed by atoms with van der Waals surface area (Å²) in [5.41, 5.74) is 0. The summed E-state index contributed by atoms with van der Waals surface area (Å²) in [6.45, 7) is 0. The maximum absolute atomic E-state index is 0. The third-order valence-corrected chi connectivity index (χ3v) is 0. The van der Waals surface area contributed by atoms with E-state index in [1.807, 2.05) is 0 Å². The summed E-state index contributed by atoms with van der Waals surface area (Å²) in [7, 11) is 0. The van der Waals surface area contributed by atoms with Crippen molar-refractivity contribution in [1.29, 1.82) is 0 Å². The molecule has 0 bridgehead atoms. The second kappa shape index (κ2) is 344. The molecule has 0 spiro atoms. The van der Waals surface area contributed by atoms with Gasteiger partial charge in [-0.25, -0.2) is 0 Å². The van der Waals surface area contributed by atoms with Crippen LogP contribution >= 0.6 is 248 Å². The van der Waals surface area contributed by atoms with E-state index in [1.165, 1.54) is 0 Å². The van der Waals surface area contributed by atoms with Crippen LogP contribution in [0.5, 0.6) is 0 Å². The normalized spacial score (nSPS) is 0. The Bertz CT molecular complexity index is 27.5. The van der Waals surface area contributed by atoms with Crippen LogP contribution in [0.1, 0.15) is 0 Å². The van der Waals surface area contributed by atoms with Crippen molar-refractivity contribution in [1.82, 2.24) is 0 Å². The van der Waals surface area contributed by atoms with Crippen LogP contribution in [0.25, 0.3) is 0 Å². The van der Waals surface area contributed by atoms with E-state index in [4.69, 9.17) is 0 Å². The Balaban J connectivity index is 0. The molecule has 0 nitrogen and oxygen atoms in total. The van der Waals surface area contributed by atoms with Crippen LogP contribution in [0.3, 0.4) is 0 Å². The summed E-state index contributed by atoms with van der Waals surface area (Å²) < 4.78 is 0. The molecule has 0 fully saturated rings. The van der Waals surface area contributed by atoms with Gasteiger partial charge in [0.25, 0.3) is 0 Å². The van der Waals surface area contributed by atoms with E-state index in [0.29, 0.717) is 0 Å². The second-order valence-electron chi connectivity index (χ2n) is 0. The molecule has 0 N–H and O–H groups in total. The molecule has 0 radical (unpaired) electrons. The molecule has 0 heterocycles. The first-order chi connectivity index (χ1) is 0. The van der Waals surface area contributed by atoms with E-state index in [2.05, 4.69) is 0 Å². The van der Waals surface area contributed by atoms with Crippen LogP contribution in [0.15, 0.2) is 0 Å². The van der Waals surface area contributed by atoms with Gasteiger partial charge < -0.3 is 0 Å². The maximum atomic E-state index is 0. The number of hydrogen-bond acceptors (Lipinski definition) is 0. The Hall–Kier alpha value is 15.8. The number of rotatable bonds is 0. The van der Waals surface area contributed by atoms with Crippen molar-refractivity contribution in [2.45, 2.75) is 0 Å². The topological polar surface area (TPSA) is 0 Å². The third kappa shape index (κ3) is 321. The fourth-order valence-electron chi connectivity index (χ4n) is 0. The van der Waals surface area contributed by atoms with Gasteiger partial charge in [0.2, 0.25) is 0 Å². The van der Waals surface area contributed by atoms with Gasteiger partial charge in [-0.1, -0.05) is 0 Å². The zero-order chi connectivity index (χ0) is 0. The SMILES string of the molecule is Cl.Cl.Cl.Cl.Cl.Cl.Cl.Cl.Cl.Cl.Cl.Cl.Cl.Cl.Cl.Cl.Cl.Cl.Cl.Cl.[NaH].[NaH].[NaH].[NaH].[NaH].[NaH].[NaH].[NaH].[NaH].[NaH]. The minimum atomic E-state index is 0. The molecular formula is H30Cl20Na10. The molecule has 0 aromatic heterocycles. The Morgan fingerprint density at radius 2 is 0.0667 bits per heavy atom. The first-order valence-electron chi connectivity index (χ1n) is 0. The fourth-order valence-corrected chi connectivity index (χ4v) is 0. The fraction of sp³-hybridized carbons (Fsp3) is 0. The van der Waals surface area contributed by atoms with E-state index < -0.39 is 0 Å². The van der Waals surface area contributed by atoms with E-state index >= 15 is 0 Å². The quantitative estimate of drug-likeness (QED) is 0.327. The molecular weight excluding hydrogens is 939 g/mol. The van der Waals surface area contributed by atoms with Crippen LogP contribution in [0.2, 0.25) is 0 Å². The van der Waals surface area contributed by atoms with Crippen LogP contribution in [-0.4, -0.2) is 296 Å². The molecule has 30 heteroatoms. The number of halogens is 20. The summed E-state index contributed by atoms with van der Waals surface area (Å²) in [4.78, 5) is 0.